The van der Waals surface area contributed by atoms with E-state index in [9.17, 15) is 0 Å². The van der Waals surface area contributed by atoms with Crippen LogP contribution in [0.15, 0.2) is 36.5 Å². The van der Waals surface area contributed by atoms with Gasteiger partial charge in [0.1, 0.15) is 0 Å². The average Bonchev–Trinajstić information content (AvgIpc) is 1.85. The summed E-state index contributed by atoms with van der Waals surface area (Å²) in [7, 11) is 0. The fraction of sp³-hybridized carbons (Fsp3) is 0.333. The summed E-state index contributed by atoms with van der Waals surface area (Å²) < 4.78 is 0. The molecule has 0 aromatic carbocycles. The smallest absolute Gasteiger partial charge is 0.0139 e. The molecule has 0 atom stereocenters. The van der Waals surface area contributed by atoms with Gasteiger partial charge in [-0.1, -0.05) is 36.5 Å². The number of rotatable bonds is 3. The molecule has 0 aliphatic heterocycles. The molecule has 0 aliphatic carbocycles. The Morgan fingerprint density at radius 1 is 1.56 bits per heavy atom. The Hall–Kier alpha value is -0.780. The number of hydrogen-bond acceptors (Lipinski definition) is 0. The van der Waals surface area contributed by atoms with Crippen LogP contribution in [-0.4, -0.2) is 0 Å². The fourth-order valence-electron chi connectivity index (χ4n) is 0.573. The third-order valence-electron chi connectivity index (χ3n) is 1.08. The van der Waals surface area contributed by atoms with Crippen LogP contribution in [0.3, 0.4) is 0 Å². The molecule has 0 nitrogen and oxygen atoms in total. The van der Waals surface area contributed by atoms with Crippen molar-refractivity contribution < 1.29 is 0 Å². The highest BCUT2D eigenvalue weighted by Gasteiger charge is 1.78. The molecule has 9 heavy (non-hydrogen) atoms. The van der Waals surface area contributed by atoms with Crippen LogP contribution in [0.25, 0.3) is 0 Å². The van der Waals surface area contributed by atoms with E-state index in [1.165, 1.54) is 5.57 Å². The lowest BCUT2D eigenvalue weighted by atomic mass is 10.2. The Morgan fingerprint density at radius 3 is 2.67 bits per heavy atom. The topological polar surface area (TPSA) is 0 Å². The fourth-order valence-corrected chi connectivity index (χ4v) is 0.573. The molecule has 0 radical (unpaired) electrons. The van der Waals surface area contributed by atoms with Crippen LogP contribution in [0.5, 0.6) is 0 Å². The van der Waals surface area contributed by atoms with Gasteiger partial charge in [0.25, 0.3) is 0 Å². The second-order valence-electron chi connectivity index (χ2n) is 2.02. The molecule has 0 bridgehead atoms. The molecule has 0 N–H and O–H groups in total. The van der Waals surface area contributed by atoms with Crippen molar-refractivity contribution in [3.8, 4) is 0 Å². The predicted octanol–water partition coefficient (Wildman–Crippen LogP) is 3.08. The van der Waals surface area contributed by atoms with Crippen molar-refractivity contribution in [2.24, 2.45) is 0 Å². The number of allylic oxidation sites excluding steroid dienone is 5. The minimum atomic E-state index is 1.04. The van der Waals surface area contributed by atoms with E-state index in [1.807, 2.05) is 19.1 Å². The summed E-state index contributed by atoms with van der Waals surface area (Å²) in [5.41, 5.74) is 1.35. The van der Waals surface area contributed by atoms with E-state index in [1.54, 1.807) is 0 Å². The zero-order valence-electron chi connectivity index (χ0n) is 6.22. The SMILES string of the molecule is C=C/C=C(\C)C/C=C/C. The van der Waals surface area contributed by atoms with Crippen LogP contribution < -0.4 is 0 Å². The van der Waals surface area contributed by atoms with Crippen LogP contribution >= 0.6 is 0 Å². The van der Waals surface area contributed by atoms with Crippen molar-refractivity contribution in [3.63, 3.8) is 0 Å². The summed E-state index contributed by atoms with van der Waals surface area (Å²) >= 11 is 0. The maximum atomic E-state index is 3.61. The van der Waals surface area contributed by atoms with Gasteiger partial charge in [0, 0.05) is 0 Å². The first-order valence-electron chi connectivity index (χ1n) is 3.20. The first-order chi connectivity index (χ1) is 4.31. The summed E-state index contributed by atoms with van der Waals surface area (Å²) in [6.07, 6.45) is 9.08. The lowest BCUT2D eigenvalue weighted by Crippen LogP contribution is -1.68. The minimum Gasteiger partial charge on any atom is -0.0991 e. The molecule has 0 spiro atoms. The van der Waals surface area contributed by atoms with E-state index in [0.29, 0.717) is 0 Å². The minimum absolute atomic E-state index is 1.04. The molecule has 0 aromatic rings. The molecular weight excluding hydrogens is 108 g/mol. The first-order valence-corrected chi connectivity index (χ1v) is 3.20. The van der Waals surface area contributed by atoms with E-state index in [0.717, 1.165) is 6.42 Å². The summed E-state index contributed by atoms with van der Waals surface area (Å²) in [5, 5.41) is 0. The van der Waals surface area contributed by atoms with Gasteiger partial charge in [-0.3, -0.25) is 0 Å². The lowest BCUT2D eigenvalue weighted by molar-refractivity contribution is 1.21. The second kappa shape index (κ2) is 5.36. The Labute approximate surface area is 57.6 Å². The normalized spacial score (nSPS) is 12.4. The molecular formula is C9H14. The quantitative estimate of drug-likeness (QED) is 0.398. The maximum absolute atomic E-state index is 3.61. The molecule has 0 heterocycles. The number of hydrogen-bond donors (Lipinski definition) is 0. The third kappa shape index (κ3) is 5.09. The van der Waals surface area contributed by atoms with E-state index < -0.39 is 0 Å². The molecule has 0 unspecified atom stereocenters. The standard InChI is InChI=1S/C9H14/c1-4-6-8-9(3)7-5-2/h4-7H,2,8H2,1,3H3/b6-4+,9-7+. The molecule has 0 amide bonds. The molecule has 0 fully saturated rings. The highest BCUT2D eigenvalue weighted by Crippen LogP contribution is 1.99. The third-order valence-corrected chi connectivity index (χ3v) is 1.08. The summed E-state index contributed by atoms with van der Waals surface area (Å²) in [6, 6.07) is 0. The molecule has 50 valence electrons. The molecule has 0 saturated heterocycles. The van der Waals surface area contributed by atoms with E-state index >= 15 is 0 Å². The Kier molecular flexibility index (Phi) is 4.89. The highest BCUT2D eigenvalue weighted by molar-refractivity contribution is 5.10. The molecule has 0 heteroatoms. The van der Waals surface area contributed by atoms with Gasteiger partial charge >= 0.3 is 0 Å². The van der Waals surface area contributed by atoms with Crippen LogP contribution in [0.2, 0.25) is 0 Å². The van der Waals surface area contributed by atoms with Crippen LogP contribution in [0, 0.1) is 0 Å². The summed E-state index contributed by atoms with van der Waals surface area (Å²) in [4.78, 5) is 0. The van der Waals surface area contributed by atoms with Crippen molar-refractivity contribution in [2.45, 2.75) is 20.3 Å². The zero-order valence-corrected chi connectivity index (χ0v) is 6.22. The molecule has 0 saturated carbocycles. The van der Waals surface area contributed by atoms with Gasteiger partial charge in [-0.05, 0) is 20.3 Å². The second-order valence-corrected chi connectivity index (χ2v) is 2.02. The van der Waals surface area contributed by atoms with Gasteiger partial charge in [-0.25, -0.2) is 0 Å². The summed E-state index contributed by atoms with van der Waals surface area (Å²) in [5.74, 6) is 0. The van der Waals surface area contributed by atoms with Crippen LogP contribution in [0.4, 0.5) is 0 Å². The molecule has 0 aromatic heterocycles. The van der Waals surface area contributed by atoms with Gasteiger partial charge in [-0.15, -0.1) is 0 Å². The van der Waals surface area contributed by atoms with Crippen molar-refractivity contribution in [1.29, 1.82) is 0 Å². The lowest BCUT2D eigenvalue weighted by Gasteiger charge is -1.89. The summed E-state index contributed by atoms with van der Waals surface area (Å²) in [6.45, 7) is 7.74. The van der Waals surface area contributed by atoms with Crippen LogP contribution in [0.1, 0.15) is 20.3 Å². The zero-order chi connectivity index (χ0) is 7.11. The Morgan fingerprint density at radius 2 is 2.22 bits per heavy atom. The van der Waals surface area contributed by atoms with E-state index in [4.69, 9.17) is 0 Å². The monoisotopic (exact) mass is 122 g/mol. The molecule has 0 rings (SSSR count). The van der Waals surface area contributed by atoms with E-state index in [2.05, 4.69) is 25.7 Å². The predicted molar refractivity (Wildman–Crippen MR) is 43.4 cm³/mol. The average molecular weight is 122 g/mol. The van der Waals surface area contributed by atoms with Crippen molar-refractivity contribution in [3.05, 3.63) is 36.5 Å². The Bertz CT molecular complexity index is 127. The van der Waals surface area contributed by atoms with Gasteiger partial charge in [0.05, 0.1) is 0 Å². The van der Waals surface area contributed by atoms with E-state index in [-0.39, 0.29) is 0 Å². The van der Waals surface area contributed by atoms with Gasteiger partial charge < -0.3 is 0 Å². The largest absolute Gasteiger partial charge is 0.0991 e. The maximum Gasteiger partial charge on any atom is -0.0139 e. The van der Waals surface area contributed by atoms with Gasteiger partial charge in [-0.2, -0.15) is 0 Å². The van der Waals surface area contributed by atoms with Gasteiger partial charge in [0.2, 0.25) is 0 Å². The van der Waals surface area contributed by atoms with Gasteiger partial charge in [0.15, 0.2) is 0 Å². The highest BCUT2D eigenvalue weighted by atomic mass is 13.9. The Balaban J connectivity index is 3.61. The molecule has 0 aliphatic rings. The van der Waals surface area contributed by atoms with Crippen molar-refractivity contribution >= 4 is 0 Å². The first kappa shape index (κ1) is 8.22. The van der Waals surface area contributed by atoms with Crippen molar-refractivity contribution in [2.75, 3.05) is 0 Å². The van der Waals surface area contributed by atoms with Crippen molar-refractivity contribution in [1.82, 2.24) is 0 Å². The van der Waals surface area contributed by atoms with Crippen LogP contribution in [-0.2, 0) is 0 Å².